The molecule has 0 aromatic heterocycles. The lowest BCUT2D eigenvalue weighted by Gasteiger charge is -2.16. The third-order valence-electron chi connectivity index (χ3n) is 4.79. The SMILES string of the molecule is C1CC2CCC(C1)C2.C1CCCC1.c1ccccc1. The van der Waals surface area contributed by atoms with Crippen LogP contribution in [0.15, 0.2) is 36.4 Å². The van der Waals surface area contributed by atoms with Gasteiger partial charge in [0.25, 0.3) is 0 Å². The molecule has 106 valence electrons. The van der Waals surface area contributed by atoms with Gasteiger partial charge in [-0.2, -0.15) is 0 Å². The molecule has 0 heteroatoms. The van der Waals surface area contributed by atoms with Crippen LogP contribution in [0.4, 0.5) is 0 Å². The summed E-state index contributed by atoms with van der Waals surface area (Å²) in [5.74, 6) is 2.32. The summed E-state index contributed by atoms with van der Waals surface area (Å²) < 4.78 is 0. The molecule has 0 spiro atoms. The maximum absolute atomic E-state index is 2.00. The zero-order valence-corrected chi connectivity index (χ0v) is 12.4. The van der Waals surface area contributed by atoms with Crippen LogP contribution in [0.5, 0.6) is 0 Å². The maximum atomic E-state index is 2.00. The van der Waals surface area contributed by atoms with Crippen molar-refractivity contribution in [3.05, 3.63) is 36.4 Å². The first kappa shape index (κ1) is 14.6. The average Bonchev–Trinajstić information content (AvgIpc) is 3.16. The van der Waals surface area contributed by atoms with E-state index in [9.17, 15) is 0 Å². The predicted molar refractivity (Wildman–Crippen MR) is 84.2 cm³/mol. The molecule has 0 saturated heterocycles. The largest absolute Gasteiger partial charge is 0.0623 e. The summed E-state index contributed by atoms with van der Waals surface area (Å²) in [6.07, 6.45) is 16.8. The Balaban J connectivity index is 0.000000109. The number of rotatable bonds is 0. The molecule has 0 radical (unpaired) electrons. The lowest BCUT2D eigenvalue weighted by Crippen LogP contribution is -2.03. The highest BCUT2D eigenvalue weighted by Crippen LogP contribution is 2.41. The molecule has 3 fully saturated rings. The molecule has 2 bridgehead atoms. The van der Waals surface area contributed by atoms with Gasteiger partial charge in [0.2, 0.25) is 0 Å². The molecule has 4 rings (SSSR count). The molecule has 1 aromatic carbocycles. The lowest BCUT2D eigenvalue weighted by atomic mass is 9.89. The fourth-order valence-corrected chi connectivity index (χ4v) is 3.67. The van der Waals surface area contributed by atoms with Crippen molar-refractivity contribution in [2.75, 3.05) is 0 Å². The molecular formula is C19H30. The van der Waals surface area contributed by atoms with Gasteiger partial charge in [-0.3, -0.25) is 0 Å². The summed E-state index contributed by atoms with van der Waals surface area (Å²) in [6.45, 7) is 0. The molecule has 0 heterocycles. The topological polar surface area (TPSA) is 0 Å². The maximum Gasteiger partial charge on any atom is -0.0412 e. The Kier molecular flexibility index (Phi) is 7.06. The van der Waals surface area contributed by atoms with Crippen LogP contribution in [0, 0.1) is 11.8 Å². The van der Waals surface area contributed by atoms with Crippen LogP contribution in [0.1, 0.15) is 70.6 Å². The number of hydrogen-bond donors (Lipinski definition) is 0. The Bertz CT molecular complexity index is 251. The molecule has 0 aliphatic heterocycles. The monoisotopic (exact) mass is 258 g/mol. The van der Waals surface area contributed by atoms with Crippen molar-refractivity contribution in [2.45, 2.75) is 70.6 Å². The Morgan fingerprint density at radius 3 is 1.11 bits per heavy atom. The minimum absolute atomic E-state index is 1.16. The Morgan fingerprint density at radius 2 is 0.789 bits per heavy atom. The van der Waals surface area contributed by atoms with Crippen LogP contribution in [-0.2, 0) is 0 Å². The normalized spacial score (nSPS) is 27.8. The van der Waals surface area contributed by atoms with Gasteiger partial charge in [-0.25, -0.2) is 0 Å². The van der Waals surface area contributed by atoms with Gasteiger partial charge >= 0.3 is 0 Å². The zero-order chi connectivity index (χ0) is 13.2. The van der Waals surface area contributed by atoms with Crippen LogP contribution in [0.2, 0.25) is 0 Å². The first-order valence-electron chi connectivity index (χ1n) is 8.45. The van der Waals surface area contributed by atoms with Gasteiger partial charge < -0.3 is 0 Å². The van der Waals surface area contributed by atoms with Gasteiger partial charge in [-0.15, -0.1) is 0 Å². The highest BCUT2D eigenvalue weighted by molar-refractivity contribution is 4.99. The fourth-order valence-electron chi connectivity index (χ4n) is 3.67. The minimum Gasteiger partial charge on any atom is -0.0623 e. The van der Waals surface area contributed by atoms with Gasteiger partial charge in [0.1, 0.15) is 0 Å². The summed E-state index contributed by atoms with van der Waals surface area (Å²) in [5.41, 5.74) is 0. The predicted octanol–water partition coefficient (Wildman–Crippen LogP) is 6.22. The first-order chi connectivity index (χ1) is 9.45. The summed E-state index contributed by atoms with van der Waals surface area (Å²) >= 11 is 0. The van der Waals surface area contributed by atoms with Crippen LogP contribution < -0.4 is 0 Å². The van der Waals surface area contributed by atoms with Gasteiger partial charge in [0.15, 0.2) is 0 Å². The van der Waals surface area contributed by atoms with Crippen molar-refractivity contribution in [3.8, 4) is 0 Å². The van der Waals surface area contributed by atoms with E-state index < -0.39 is 0 Å². The fraction of sp³-hybridized carbons (Fsp3) is 0.684. The molecule has 19 heavy (non-hydrogen) atoms. The van der Waals surface area contributed by atoms with Gasteiger partial charge in [0.05, 0.1) is 0 Å². The minimum atomic E-state index is 1.16. The molecule has 0 nitrogen and oxygen atoms in total. The van der Waals surface area contributed by atoms with Crippen molar-refractivity contribution < 1.29 is 0 Å². The highest BCUT2D eigenvalue weighted by Gasteiger charge is 2.27. The first-order valence-corrected chi connectivity index (χ1v) is 8.45. The summed E-state index contributed by atoms with van der Waals surface area (Å²) in [7, 11) is 0. The molecular weight excluding hydrogens is 228 g/mol. The summed E-state index contributed by atoms with van der Waals surface area (Å²) in [5, 5.41) is 0. The molecule has 3 aliphatic rings. The van der Waals surface area contributed by atoms with E-state index in [0.29, 0.717) is 0 Å². The van der Waals surface area contributed by atoms with E-state index in [4.69, 9.17) is 0 Å². The standard InChI is InChI=1S/C8H14.C6H6.C5H10/c1-2-7-4-5-8(3-1)6-7;1-2-4-6-5-3-1;1-2-4-5-3-1/h7-8H,1-6H2;1-6H;1-5H2. The van der Waals surface area contributed by atoms with E-state index in [1.807, 2.05) is 36.4 Å². The van der Waals surface area contributed by atoms with E-state index in [-0.39, 0.29) is 0 Å². The molecule has 2 atom stereocenters. The van der Waals surface area contributed by atoms with E-state index in [1.165, 1.54) is 38.5 Å². The third-order valence-corrected chi connectivity index (χ3v) is 4.79. The van der Waals surface area contributed by atoms with Gasteiger partial charge in [0, 0.05) is 0 Å². The van der Waals surface area contributed by atoms with Crippen molar-refractivity contribution in [2.24, 2.45) is 11.8 Å². The van der Waals surface area contributed by atoms with Crippen molar-refractivity contribution >= 4 is 0 Å². The number of fused-ring (bicyclic) bond motifs is 2. The van der Waals surface area contributed by atoms with Crippen molar-refractivity contribution in [1.82, 2.24) is 0 Å². The Hall–Kier alpha value is -0.780. The van der Waals surface area contributed by atoms with Crippen molar-refractivity contribution in [1.29, 1.82) is 0 Å². The van der Waals surface area contributed by atoms with Crippen LogP contribution >= 0.6 is 0 Å². The van der Waals surface area contributed by atoms with Gasteiger partial charge in [-0.1, -0.05) is 101 Å². The average molecular weight is 258 g/mol. The van der Waals surface area contributed by atoms with Crippen LogP contribution in [0.3, 0.4) is 0 Å². The van der Waals surface area contributed by atoms with E-state index >= 15 is 0 Å². The van der Waals surface area contributed by atoms with Gasteiger partial charge in [-0.05, 0) is 18.3 Å². The van der Waals surface area contributed by atoms with Crippen LogP contribution in [0.25, 0.3) is 0 Å². The molecule has 1 aromatic rings. The molecule has 3 saturated carbocycles. The zero-order valence-electron chi connectivity index (χ0n) is 12.4. The quantitative estimate of drug-likeness (QED) is 0.518. The van der Waals surface area contributed by atoms with E-state index in [1.54, 1.807) is 32.1 Å². The molecule has 0 N–H and O–H groups in total. The highest BCUT2D eigenvalue weighted by atomic mass is 14.3. The number of hydrogen-bond acceptors (Lipinski definition) is 0. The van der Waals surface area contributed by atoms with Crippen LogP contribution in [-0.4, -0.2) is 0 Å². The molecule has 3 aliphatic carbocycles. The summed E-state index contributed by atoms with van der Waals surface area (Å²) in [4.78, 5) is 0. The Morgan fingerprint density at radius 1 is 0.421 bits per heavy atom. The third kappa shape index (κ3) is 6.27. The van der Waals surface area contributed by atoms with E-state index in [2.05, 4.69) is 0 Å². The second-order valence-corrected chi connectivity index (χ2v) is 6.40. The molecule has 0 amide bonds. The van der Waals surface area contributed by atoms with Crippen molar-refractivity contribution in [3.63, 3.8) is 0 Å². The lowest BCUT2D eigenvalue weighted by molar-refractivity contribution is 0.359. The van der Waals surface area contributed by atoms with E-state index in [0.717, 1.165) is 11.8 Å². The Labute approximate surface area is 119 Å². The summed E-state index contributed by atoms with van der Waals surface area (Å²) in [6, 6.07) is 12.0. The second-order valence-electron chi connectivity index (χ2n) is 6.40. The second kappa shape index (κ2) is 9.18. The number of benzene rings is 1. The molecule has 2 unspecified atom stereocenters. The smallest absolute Gasteiger partial charge is 0.0412 e.